The lowest BCUT2D eigenvalue weighted by molar-refractivity contribution is -0.128. The molecule has 1 fully saturated rings. The van der Waals surface area contributed by atoms with E-state index >= 15 is 0 Å². The third-order valence-corrected chi connectivity index (χ3v) is 4.81. The van der Waals surface area contributed by atoms with Crippen LogP contribution in [0.5, 0.6) is 5.75 Å². The summed E-state index contributed by atoms with van der Waals surface area (Å²) in [5.74, 6) is 0.588. The number of para-hydroxylation sites is 1. The summed E-state index contributed by atoms with van der Waals surface area (Å²) in [6.07, 6.45) is 0.529. The quantitative estimate of drug-likeness (QED) is 0.848. The van der Waals surface area contributed by atoms with Crippen LogP contribution in [-0.4, -0.2) is 36.4 Å². The van der Waals surface area contributed by atoms with E-state index in [4.69, 9.17) is 16.3 Å². The third-order valence-electron chi connectivity index (χ3n) is 4.44. The number of hydrogen-bond acceptors (Lipinski definition) is 3. The molecule has 26 heavy (non-hydrogen) atoms. The number of nitrogens with one attached hydrogen (secondary N) is 1. The van der Waals surface area contributed by atoms with Crippen LogP contribution in [0.15, 0.2) is 48.5 Å². The van der Waals surface area contributed by atoms with Gasteiger partial charge in [-0.15, -0.1) is 0 Å². The van der Waals surface area contributed by atoms with Crippen LogP contribution in [-0.2, 0) is 22.6 Å². The highest BCUT2D eigenvalue weighted by Crippen LogP contribution is 2.21. The Morgan fingerprint density at radius 1 is 1.19 bits per heavy atom. The van der Waals surface area contributed by atoms with E-state index in [1.54, 1.807) is 12.0 Å². The Bertz CT molecular complexity index is 809. The van der Waals surface area contributed by atoms with Gasteiger partial charge in [-0.3, -0.25) is 9.59 Å². The minimum Gasteiger partial charge on any atom is -0.496 e. The number of methoxy groups -OCH3 is 1. The number of ether oxygens (including phenoxy) is 1. The van der Waals surface area contributed by atoms with Gasteiger partial charge in [0.15, 0.2) is 0 Å². The molecule has 0 unspecified atom stereocenters. The predicted molar refractivity (Wildman–Crippen MR) is 100 cm³/mol. The maximum Gasteiger partial charge on any atom is 0.225 e. The van der Waals surface area contributed by atoms with Gasteiger partial charge in [0.2, 0.25) is 11.8 Å². The molecule has 2 aromatic rings. The van der Waals surface area contributed by atoms with Crippen molar-refractivity contribution in [3.8, 4) is 5.75 Å². The molecule has 0 aromatic heterocycles. The van der Waals surface area contributed by atoms with E-state index in [-0.39, 0.29) is 24.3 Å². The first-order valence-electron chi connectivity index (χ1n) is 8.49. The lowest BCUT2D eigenvalue weighted by Gasteiger charge is -2.18. The predicted octanol–water partition coefficient (Wildman–Crippen LogP) is 2.81. The molecule has 1 aliphatic heterocycles. The topological polar surface area (TPSA) is 58.6 Å². The second-order valence-electron chi connectivity index (χ2n) is 6.32. The van der Waals surface area contributed by atoms with Gasteiger partial charge in [-0.05, 0) is 17.7 Å². The van der Waals surface area contributed by atoms with E-state index in [0.717, 1.165) is 11.1 Å². The lowest BCUT2D eigenvalue weighted by Crippen LogP contribution is -2.37. The summed E-state index contributed by atoms with van der Waals surface area (Å²) < 4.78 is 5.27. The molecule has 0 radical (unpaired) electrons. The molecule has 0 spiro atoms. The van der Waals surface area contributed by atoms with E-state index in [2.05, 4.69) is 5.32 Å². The summed E-state index contributed by atoms with van der Waals surface area (Å²) in [5, 5.41) is 3.59. The molecule has 0 bridgehead atoms. The largest absolute Gasteiger partial charge is 0.496 e. The number of hydrogen-bond donors (Lipinski definition) is 1. The molecular formula is C20H21ClN2O3. The number of likely N-dealkylation sites (tertiary alicyclic amines) is 1. The van der Waals surface area contributed by atoms with Crippen molar-refractivity contribution < 1.29 is 14.3 Å². The van der Waals surface area contributed by atoms with Gasteiger partial charge in [0.05, 0.1) is 19.6 Å². The number of carbonyl (C=O) groups excluding carboxylic acids is 2. The number of rotatable bonds is 6. The van der Waals surface area contributed by atoms with Crippen LogP contribution in [0.3, 0.4) is 0 Å². The maximum atomic E-state index is 12.3. The molecule has 2 amide bonds. The summed E-state index contributed by atoms with van der Waals surface area (Å²) in [6.45, 7) is 0.944. The van der Waals surface area contributed by atoms with Crippen molar-refractivity contribution in [2.75, 3.05) is 13.7 Å². The molecule has 6 heteroatoms. The van der Waals surface area contributed by atoms with Crippen LogP contribution < -0.4 is 10.1 Å². The molecule has 1 N–H and O–H groups in total. The fourth-order valence-corrected chi connectivity index (χ4v) is 3.35. The van der Waals surface area contributed by atoms with E-state index in [1.165, 1.54) is 0 Å². The van der Waals surface area contributed by atoms with E-state index in [9.17, 15) is 9.59 Å². The zero-order valence-electron chi connectivity index (χ0n) is 14.6. The van der Waals surface area contributed by atoms with Gasteiger partial charge < -0.3 is 15.0 Å². The van der Waals surface area contributed by atoms with Crippen LogP contribution in [0, 0.1) is 0 Å². The molecule has 0 saturated carbocycles. The normalized spacial score (nSPS) is 16.6. The van der Waals surface area contributed by atoms with Gasteiger partial charge in [-0.25, -0.2) is 0 Å². The van der Waals surface area contributed by atoms with Gasteiger partial charge in [0.1, 0.15) is 5.75 Å². The van der Waals surface area contributed by atoms with Gasteiger partial charge in [0.25, 0.3) is 0 Å². The van der Waals surface area contributed by atoms with Crippen LogP contribution in [0.2, 0.25) is 5.02 Å². The van der Waals surface area contributed by atoms with Crippen LogP contribution >= 0.6 is 11.6 Å². The molecular weight excluding hydrogens is 352 g/mol. The second-order valence-corrected chi connectivity index (χ2v) is 6.73. The minimum atomic E-state index is -0.188. The molecule has 2 aromatic carbocycles. The van der Waals surface area contributed by atoms with Crippen molar-refractivity contribution in [2.24, 2.45) is 0 Å². The molecule has 136 valence electrons. The molecule has 5 nitrogen and oxygen atoms in total. The Balaban J connectivity index is 1.57. The fraction of sp³-hybridized carbons (Fsp3) is 0.300. The highest BCUT2D eigenvalue weighted by molar-refractivity contribution is 6.31. The van der Waals surface area contributed by atoms with E-state index in [0.29, 0.717) is 30.3 Å². The van der Waals surface area contributed by atoms with Crippen LogP contribution in [0.4, 0.5) is 0 Å². The fourth-order valence-electron chi connectivity index (χ4n) is 3.15. The smallest absolute Gasteiger partial charge is 0.225 e. The summed E-state index contributed by atoms with van der Waals surface area (Å²) in [5.41, 5.74) is 1.73. The Morgan fingerprint density at radius 3 is 2.62 bits per heavy atom. The molecule has 1 aliphatic rings. The van der Waals surface area contributed by atoms with Gasteiger partial charge in [0, 0.05) is 30.1 Å². The number of carbonyl (C=O) groups is 2. The molecule has 1 saturated heterocycles. The molecule has 1 atom stereocenters. The van der Waals surface area contributed by atoms with Crippen molar-refractivity contribution in [1.82, 2.24) is 10.2 Å². The first kappa shape index (κ1) is 18.3. The van der Waals surface area contributed by atoms with Crippen molar-refractivity contribution in [3.05, 3.63) is 64.7 Å². The van der Waals surface area contributed by atoms with Crippen molar-refractivity contribution in [3.63, 3.8) is 0 Å². The SMILES string of the molecule is COc1ccccc1CC(=O)N[C@H]1CC(=O)N(Cc2ccccc2Cl)C1. The van der Waals surface area contributed by atoms with E-state index in [1.807, 2.05) is 48.5 Å². The van der Waals surface area contributed by atoms with Crippen molar-refractivity contribution in [1.29, 1.82) is 0 Å². The van der Waals surface area contributed by atoms with Gasteiger partial charge >= 0.3 is 0 Å². The van der Waals surface area contributed by atoms with Crippen molar-refractivity contribution >= 4 is 23.4 Å². The number of benzene rings is 2. The standard InChI is InChI=1S/C20H21ClN2O3/c1-26-18-9-5-3-6-14(18)10-19(24)22-16-11-20(25)23(13-16)12-15-7-2-4-8-17(15)21/h2-9,16H,10-13H2,1H3,(H,22,24)/t16-/m0/s1. The zero-order chi connectivity index (χ0) is 18.5. The number of amides is 2. The molecule has 3 rings (SSSR count). The first-order valence-corrected chi connectivity index (χ1v) is 8.87. The molecule has 0 aliphatic carbocycles. The monoisotopic (exact) mass is 372 g/mol. The Kier molecular flexibility index (Phi) is 5.78. The lowest BCUT2D eigenvalue weighted by atomic mass is 10.1. The highest BCUT2D eigenvalue weighted by Gasteiger charge is 2.30. The van der Waals surface area contributed by atoms with Crippen LogP contribution in [0.1, 0.15) is 17.5 Å². The molecule has 1 heterocycles. The second kappa shape index (κ2) is 8.23. The Labute approximate surface area is 157 Å². The van der Waals surface area contributed by atoms with E-state index < -0.39 is 0 Å². The summed E-state index contributed by atoms with van der Waals surface area (Å²) >= 11 is 6.17. The van der Waals surface area contributed by atoms with Gasteiger partial charge in [-0.2, -0.15) is 0 Å². The maximum absolute atomic E-state index is 12.3. The first-order chi connectivity index (χ1) is 12.6. The Morgan fingerprint density at radius 2 is 1.88 bits per heavy atom. The van der Waals surface area contributed by atoms with Crippen molar-refractivity contribution in [2.45, 2.75) is 25.4 Å². The third kappa shape index (κ3) is 4.35. The van der Waals surface area contributed by atoms with Gasteiger partial charge in [-0.1, -0.05) is 48.0 Å². The highest BCUT2D eigenvalue weighted by atomic mass is 35.5. The zero-order valence-corrected chi connectivity index (χ0v) is 15.3. The number of halogens is 1. The van der Waals surface area contributed by atoms with Crippen LogP contribution in [0.25, 0.3) is 0 Å². The summed E-state index contributed by atoms with van der Waals surface area (Å²) in [6, 6.07) is 14.7. The number of nitrogens with zero attached hydrogens (tertiary/aromatic N) is 1. The summed E-state index contributed by atoms with van der Waals surface area (Å²) in [7, 11) is 1.58. The Hall–Kier alpha value is -2.53. The average Bonchev–Trinajstić information content (AvgIpc) is 2.96. The average molecular weight is 373 g/mol. The minimum absolute atomic E-state index is 0.0208. The summed E-state index contributed by atoms with van der Waals surface area (Å²) in [4.78, 5) is 26.3.